The maximum absolute atomic E-state index is 11.7. The molecule has 1 saturated heterocycles. The standard InChI is InChI=1S/C13H23NO3/c1-12(2,3)17-9-5-13(6-9)8-14-7-10(13)11(15)16-4/h9-10,14H,5-8H2,1-4H3. The molecule has 0 aromatic carbocycles. The fraction of sp³-hybridized carbons (Fsp3) is 0.923. The van der Waals surface area contributed by atoms with Gasteiger partial charge in [-0.2, -0.15) is 0 Å². The second-order valence-electron chi connectivity index (χ2n) is 6.33. The van der Waals surface area contributed by atoms with Crippen LogP contribution in [0.2, 0.25) is 0 Å². The van der Waals surface area contributed by atoms with E-state index >= 15 is 0 Å². The smallest absolute Gasteiger partial charge is 0.310 e. The highest BCUT2D eigenvalue weighted by Crippen LogP contribution is 2.51. The molecule has 0 bridgehead atoms. The van der Waals surface area contributed by atoms with Gasteiger partial charge in [-0.15, -0.1) is 0 Å². The van der Waals surface area contributed by atoms with Crippen LogP contribution in [0.5, 0.6) is 0 Å². The van der Waals surface area contributed by atoms with Crippen LogP contribution in [0.25, 0.3) is 0 Å². The molecule has 4 nitrogen and oxygen atoms in total. The topological polar surface area (TPSA) is 47.6 Å². The summed E-state index contributed by atoms with van der Waals surface area (Å²) >= 11 is 0. The lowest BCUT2D eigenvalue weighted by atomic mass is 9.61. The molecule has 4 heteroatoms. The van der Waals surface area contributed by atoms with E-state index in [0.29, 0.717) is 6.10 Å². The van der Waals surface area contributed by atoms with E-state index in [9.17, 15) is 4.79 Å². The van der Waals surface area contributed by atoms with Crippen LogP contribution in [0.4, 0.5) is 0 Å². The van der Waals surface area contributed by atoms with E-state index in [1.807, 2.05) is 0 Å². The summed E-state index contributed by atoms with van der Waals surface area (Å²) in [6.45, 7) is 7.87. The van der Waals surface area contributed by atoms with Crippen molar-refractivity contribution >= 4 is 5.97 Å². The van der Waals surface area contributed by atoms with Gasteiger partial charge in [0.05, 0.1) is 24.7 Å². The molecule has 0 aromatic heterocycles. The molecule has 1 atom stereocenters. The molecule has 98 valence electrons. The highest BCUT2D eigenvalue weighted by atomic mass is 16.5. The Labute approximate surface area is 103 Å². The summed E-state index contributed by atoms with van der Waals surface area (Å²) in [5.74, 6) is -0.0727. The SMILES string of the molecule is COC(=O)C1CNCC12CC(OC(C)(C)C)C2. The number of methoxy groups -OCH3 is 1. The molecule has 2 fully saturated rings. The number of esters is 1. The number of rotatable bonds is 2. The summed E-state index contributed by atoms with van der Waals surface area (Å²) in [7, 11) is 1.47. The lowest BCUT2D eigenvalue weighted by Crippen LogP contribution is -2.51. The Hall–Kier alpha value is -0.610. The van der Waals surface area contributed by atoms with E-state index in [-0.39, 0.29) is 22.9 Å². The zero-order chi connectivity index (χ0) is 12.7. The van der Waals surface area contributed by atoms with Crippen molar-refractivity contribution in [1.82, 2.24) is 5.32 Å². The quantitative estimate of drug-likeness (QED) is 0.741. The van der Waals surface area contributed by atoms with E-state index in [0.717, 1.165) is 25.9 Å². The first-order valence-corrected chi connectivity index (χ1v) is 6.33. The summed E-state index contributed by atoms with van der Waals surface area (Å²) < 4.78 is 10.8. The van der Waals surface area contributed by atoms with Crippen LogP contribution in [0.1, 0.15) is 33.6 Å². The first-order valence-electron chi connectivity index (χ1n) is 6.33. The summed E-state index contributed by atoms with van der Waals surface area (Å²) in [6, 6.07) is 0. The third-order valence-electron chi connectivity index (χ3n) is 3.84. The molecule has 1 saturated carbocycles. The highest BCUT2D eigenvalue weighted by molar-refractivity contribution is 5.74. The molecular weight excluding hydrogens is 218 g/mol. The number of hydrogen-bond acceptors (Lipinski definition) is 4. The number of ether oxygens (including phenoxy) is 2. The monoisotopic (exact) mass is 241 g/mol. The molecule has 1 aliphatic carbocycles. The minimum Gasteiger partial charge on any atom is -0.469 e. The molecule has 0 radical (unpaired) electrons. The Balaban J connectivity index is 1.93. The maximum atomic E-state index is 11.7. The van der Waals surface area contributed by atoms with Crippen LogP contribution in [0.15, 0.2) is 0 Å². The van der Waals surface area contributed by atoms with Gasteiger partial charge in [-0.05, 0) is 33.6 Å². The highest BCUT2D eigenvalue weighted by Gasteiger charge is 2.56. The number of nitrogens with one attached hydrogen (secondary N) is 1. The second-order valence-corrected chi connectivity index (χ2v) is 6.33. The van der Waals surface area contributed by atoms with Crippen molar-refractivity contribution in [2.75, 3.05) is 20.2 Å². The summed E-state index contributed by atoms with van der Waals surface area (Å²) in [5.41, 5.74) is -0.0118. The van der Waals surface area contributed by atoms with Crippen LogP contribution in [0.3, 0.4) is 0 Å². The molecule has 1 spiro atoms. The van der Waals surface area contributed by atoms with Gasteiger partial charge in [0.2, 0.25) is 0 Å². The molecule has 2 rings (SSSR count). The van der Waals surface area contributed by atoms with Gasteiger partial charge in [0.1, 0.15) is 0 Å². The Morgan fingerprint density at radius 3 is 2.53 bits per heavy atom. The number of carbonyl (C=O) groups excluding carboxylic acids is 1. The Morgan fingerprint density at radius 2 is 2.00 bits per heavy atom. The fourth-order valence-corrected chi connectivity index (χ4v) is 3.14. The van der Waals surface area contributed by atoms with Crippen molar-refractivity contribution in [1.29, 1.82) is 0 Å². The van der Waals surface area contributed by atoms with Gasteiger partial charge >= 0.3 is 5.97 Å². The van der Waals surface area contributed by atoms with Gasteiger partial charge in [0, 0.05) is 18.5 Å². The second kappa shape index (κ2) is 4.25. The van der Waals surface area contributed by atoms with Crippen molar-refractivity contribution in [2.24, 2.45) is 11.3 Å². The van der Waals surface area contributed by atoms with Gasteiger partial charge in [0.15, 0.2) is 0 Å². The predicted octanol–water partition coefficient (Wildman–Crippen LogP) is 1.34. The van der Waals surface area contributed by atoms with Crippen LogP contribution < -0.4 is 5.32 Å². The third kappa shape index (κ3) is 2.47. The molecular formula is C13H23NO3. The van der Waals surface area contributed by atoms with E-state index in [1.54, 1.807) is 0 Å². The van der Waals surface area contributed by atoms with Gasteiger partial charge in [-0.3, -0.25) is 4.79 Å². The van der Waals surface area contributed by atoms with Crippen molar-refractivity contribution in [3.05, 3.63) is 0 Å². The largest absolute Gasteiger partial charge is 0.469 e. The van der Waals surface area contributed by atoms with Gasteiger partial charge in [-0.25, -0.2) is 0 Å². The average Bonchev–Trinajstić information content (AvgIpc) is 2.58. The van der Waals surface area contributed by atoms with Gasteiger partial charge in [-0.1, -0.05) is 0 Å². The predicted molar refractivity (Wildman–Crippen MR) is 64.7 cm³/mol. The van der Waals surface area contributed by atoms with Crippen LogP contribution in [-0.4, -0.2) is 37.9 Å². The Bertz CT molecular complexity index is 302. The number of hydrogen-bond donors (Lipinski definition) is 1. The first kappa shape index (κ1) is 12.8. The summed E-state index contributed by atoms with van der Waals surface area (Å²) in [4.78, 5) is 11.7. The van der Waals surface area contributed by atoms with Crippen molar-refractivity contribution in [3.8, 4) is 0 Å². The summed E-state index contributed by atoms with van der Waals surface area (Å²) in [6.07, 6.45) is 2.23. The molecule has 2 aliphatic rings. The van der Waals surface area contributed by atoms with Crippen LogP contribution in [0, 0.1) is 11.3 Å². The molecule has 1 N–H and O–H groups in total. The third-order valence-corrected chi connectivity index (χ3v) is 3.84. The maximum Gasteiger partial charge on any atom is 0.310 e. The Morgan fingerprint density at radius 1 is 1.35 bits per heavy atom. The molecule has 0 aromatic rings. The molecule has 1 heterocycles. The van der Waals surface area contributed by atoms with E-state index in [1.165, 1.54) is 7.11 Å². The zero-order valence-corrected chi connectivity index (χ0v) is 11.2. The average molecular weight is 241 g/mol. The minimum atomic E-state index is -0.0981. The lowest BCUT2D eigenvalue weighted by Gasteiger charge is -2.49. The molecule has 0 amide bonds. The van der Waals surface area contributed by atoms with Crippen molar-refractivity contribution in [2.45, 2.75) is 45.3 Å². The fourth-order valence-electron chi connectivity index (χ4n) is 3.14. The molecule has 1 aliphatic heterocycles. The number of carbonyl (C=O) groups is 1. The zero-order valence-electron chi connectivity index (χ0n) is 11.2. The molecule has 17 heavy (non-hydrogen) atoms. The Kier molecular flexibility index (Phi) is 3.21. The van der Waals surface area contributed by atoms with Gasteiger partial charge in [0.25, 0.3) is 0 Å². The van der Waals surface area contributed by atoms with Crippen molar-refractivity contribution in [3.63, 3.8) is 0 Å². The van der Waals surface area contributed by atoms with Crippen LogP contribution in [-0.2, 0) is 14.3 Å². The normalized spacial score (nSPS) is 36.9. The lowest BCUT2D eigenvalue weighted by molar-refractivity contribution is -0.169. The summed E-state index contributed by atoms with van der Waals surface area (Å²) in [5, 5.41) is 3.31. The van der Waals surface area contributed by atoms with Crippen molar-refractivity contribution < 1.29 is 14.3 Å². The van der Waals surface area contributed by atoms with Gasteiger partial charge < -0.3 is 14.8 Å². The van der Waals surface area contributed by atoms with Crippen LogP contribution >= 0.6 is 0 Å². The van der Waals surface area contributed by atoms with E-state index < -0.39 is 0 Å². The molecule has 1 unspecified atom stereocenters. The van der Waals surface area contributed by atoms with E-state index in [4.69, 9.17) is 9.47 Å². The minimum absolute atomic E-state index is 0.00678. The van der Waals surface area contributed by atoms with E-state index in [2.05, 4.69) is 26.1 Å². The first-order chi connectivity index (χ1) is 7.86.